The number of amides is 3. The summed E-state index contributed by atoms with van der Waals surface area (Å²) in [6.07, 6.45) is 4.39. The Morgan fingerprint density at radius 3 is 2.74 bits per heavy atom. The average molecular weight is 326 g/mol. The zero-order valence-corrected chi connectivity index (χ0v) is 14.5. The van der Waals surface area contributed by atoms with Gasteiger partial charge in [-0.2, -0.15) is 0 Å². The van der Waals surface area contributed by atoms with E-state index >= 15 is 0 Å². The van der Waals surface area contributed by atoms with Crippen molar-refractivity contribution in [2.75, 3.05) is 26.2 Å². The van der Waals surface area contributed by atoms with Gasteiger partial charge < -0.3 is 25.6 Å². The van der Waals surface area contributed by atoms with Crippen molar-refractivity contribution < 1.29 is 14.3 Å². The smallest absolute Gasteiger partial charge is 0.407 e. The van der Waals surface area contributed by atoms with Gasteiger partial charge in [-0.1, -0.05) is 0 Å². The Morgan fingerprint density at radius 1 is 1.35 bits per heavy atom. The Balaban J connectivity index is 0.000000182. The van der Waals surface area contributed by atoms with Crippen LogP contribution in [0.2, 0.25) is 0 Å². The molecule has 0 bridgehead atoms. The molecule has 23 heavy (non-hydrogen) atoms. The highest BCUT2D eigenvalue weighted by atomic mass is 16.6. The molecule has 3 aliphatic heterocycles. The number of alkyl carbamates (subject to hydrolysis) is 1. The van der Waals surface area contributed by atoms with Gasteiger partial charge in [-0.25, -0.2) is 9.59 Å². The number of ether oxygens (including phenoxy) is 1. The molecule has 3 saturated heterocycles. The van der Waals surface area contributed by atoms with Crippen molar-refractivity contribution in [3.63, 3.8) is 0 Å². The van der Waals surface area contributed by atoms with E-state index in [2.05, 4.69) is 16.0 Å². The molecule has 3 amide bonds. The Kier molecular flexibility index (Phi) is 6.10. The minimum absolute atomic E-state index is 0.137. The highest BCUT2D eigenvalue weighted by Gasteiger charge is 2.33. The molecule has 3 rings (SSSR count). The molecule has 3 N–H and O–H groups in total. The van der Waals surface area contributed by atoms with Crippen molar-refractivity contribution in [1.82, 2.24) is 20.9 Å². The lowest BCUT2D eigenvalue weighted by Gasteiger charge is -2.20. The van der Waals surface area contributed by atoms with E-state index in [1.54, 1.807) is 0 Å². The summed E-state index contributed by atoms with van der Waals surface area (Å²) in [6, 6.07) is 1.08. The van der Waals surface area contributed by atoms with Gasteiger partial charge in [0.1, 0.15) is 5.60 Å². The van der Waals surface area contributed by atoms with E-state index in [4.69, 9.17) is 4.74 Å². The van der Waals surface area contributed by atoms with Gasteiger partial charge in [0.05, 0.1) is 6.04 Å². The highest BCUT2D eigenvalue weighted by molar-refractivity contribution is 5.77. The number of hydrogen-bond donors (Lipinski definition) is 3. The second-order valence-corrected chi connectivity index (χ2v) is 7.35. The molecule has 3 fully saturated rings. The lowest BCUT2D eigenvalue weighted by Crippen LogP contribution is -2.39. The number of nitrogens with zero attached hydrogens (tertiary/aromatic N) is 1. The maximum Gasteiger partial charge on any atom is 0.407 e. The molecular weight excluding hydrogens is 296 g/mol. The van der Waals surface area contributed by atoms with Gasteiger partial charge in [0.15, 0.2) is 0 Å². The van der Waals surface area contributed by atoms with Crippen LogP contribution in [0.1, 0.15) is 46.5 Å². The zero-order valence-electron chi connectivity index (χ0n) is 14.5. The van der Waals surface area contributed by atoms with E-state index in [1.807, 2.05) is 25.7 Å². The van der Waals surface area contributed by atoms with Crippen molar-refractivity contribution in [2.24, 2.45) is 0 Å². The first-order chi connectivity index (χ1) is 10.8. The van der Waals surface area contributed by atoms with Crippen molar-refractivity contribution in [2.45, 2.75) is 64.1 Å². The zero-order chi connectivity index (χ0) is 16.9. The minimum atomic E-state index is -0.410. The molecule has 2 atom stereocenters. The summed E-state index contributed by atoms with van der Waals surface area (Å²) in [5.41, 5.74) is -0.410. The van der Waals surface area contributed by atoms with Gasteiger partial charge in [-0.3, -0.25) is 0 Å². The quantitative estimate of drug-likeness (QED) is 0.717. The fourth-order valence-corrected chi connectivity index (χ4v) is 3.07. The van der Waals surface area contributed by atoms with Crippen LogP contribution in [-0.2, 0) is 4.74 Å². The number of fused-ring (bicyclic) bond motifs is 1. The summed E-state index contributed by atoms with van der Waals surface area (Å²) < 4.78 is 5.12. The average Bonchev–Trinajstić information content (AvgIpc) is 3.16. The minimum Gasteiger partial charge on any atom is -0.444 e. The van der Waals surface area contributed by atoms with Crippen LogP contribution in [0.5, 0.6) is 0 Å². The molecule has 0 aliphatic carbocycles. The lowest BCUT2D eigenvalue weighted by molar-refractivity contribution is 0.0523. The molecule has 7 nitrogen and oxygen atoms in total. The number of nitrogens with one attached hydrogen (secondary N) is 3. The topological polar surface area (TPSA) is 82.7 Å². The molecular formula is C16H30N4O3. The van der Waals surface area contributed by atoms with Crippen LogP contribution in [0.15, 0.2) is 0 Å². The third-order valence-corrected chi connectivity index (χ3v) is 4.18. The van der Waals surface area contributed by atoms with Gasteiger partial charge in [0, 0.05) is 25.7 Å². The van der Waals surface area contributed by atoms with E-state index in [-0.39, 0.29) is 12.1 Å². The molecule has 7 heteroatoms. The Morgan fingerprint density at radius 2 is 2.13 bits per heavy atom. The lowest BCUT2D eigenvalue weighted by atomic mass is 10.2. The summed E-state index contributed by atoms with van der Waals surface area (Å²) in [5, 5.41) is 8.87. The monoisotopic (exact) mass is 326 g/mol. The standard InChI is InChI=1S/C10H20N2O2.C6H10N2O/c1-10(2,3)14-9(13)12-7-8-5-4-6-11-8;9-6-7-4-5-2-1-3-8(5)6/h8,11H,4-7H2,1-3H3,(H,12,13);5H,1-4H2,(H,7,9). The maximum absolute atomic E-state index is 11.3. The summed E-state index contributed by atoms with van der Waals surface area (Å²) in [5.74, 6) is 0. The molecule has 3 heterocycles. The van der Waals surface area contributed by atoms with Gasteiger partial charge in [-0.05, 0) is 53.0 Å². The van der Waals surface area contributed by atoms with Crippen LogP contribution in [0.4, 0.5) is 9.59 Å². The van der Waals surface area contributed by atoms with Crippen LogP contribution in [0.3, 0.4) is 0 Å². The van der Waals surface area contributed by atoms with Crippen LogP contribution >= 0.6 is 0 Å². The van der Waals surface area contributed by atoms with Crippen LogP contribution < -0.4 is 16.0 Å². The van der Waals surface area contributed by atoms with E-state index in [9.17, 15) is 9.59 Å². The van der Waals surface area contributed by atoms with E-state index in [1.165, 1.54) is 19.3 Å². The SMILES string of the molecule is CC(C)(C)OC(=O)NCC1CCCN1.O=C1NCC2CCCN12. The molecule has 0 spiro atoms. The molecule has 0 saturated carbocycles. The summed E-state index contributed by atoms with van der Waals surface area (Å²) in [4.78, 5) is 24.1. The molecule has 0 radical (unpaired) electrons. The van der Waals surface area contributed by atoms with Crippen molar-refractivity contribution >= 4 is 12.1 Å². The third-order valence-electron chi connectivity index (χ3n) is 4.18. The summed E-state index contributed by atoms with van der Waals surface area (Å²) in [7, 11) is 0. The molecule has 0 aromatic carbocycles. The molecule has 2 unspecified atom stereocenters. The Bertz CT molecular complexity index is 416. The van der Waals surface area contributed by atoms with E-state index in [0.29, 0.717) is 18.6 Å². The number of urea groups is 1. The van der Waals surface area contributed by atoms with Crippen LogP contribution in [0, 0.1) is 0 Å². The molecule has 132 valence electrons. The number of carbonyl (C=O) groups is 2. The van der Waals surface area contributed by atoms with Gasteiger partial charge in [0.2, 0.25) is 0 Å². The third kappa shape index (κ3) is 5.89. The van der Waals surface area contributed by atoms with Crippen LogP contribution in [0.25, 0.3) is 0 Å². The molecule has 3 aliphatic rings. The fourth-order valence-electron chi connectivity index (χ4n) is 3.07. The molecule has 0 aromatic rings. The first kappa shape index (κ1) is 17.8. The first-order valence-electron chi connectivity index (χ1n) is 8.60. The fraction of sp³-hybridized carbons (Fsp3) is 0.875. The number of rotatable bonds is 2. The van der Waals surface area contributed by atoms with Gasteiger partial charge >= 0.3 is 12.1 Å². The largest absolute Gasteiger partial charge is 0.444 e. The van der Waals surface area contributed by atoms with Gasteiger partial charge in [-0.15, -0.1) is 0 Å². The van der Waals surface area contributed by atoms with E-state index in [0.717, 1.165) is 26.1 Å². The summed E-state index contributed by atoms with van der Waals surface area (Å²) in [6.45, 7) is 9.14. The molecule has 0 aromatic heterocycles. The van der Waals surface area contributed by atoms with E-state index < -0.39 is 5.60 Å². The van der Waals surface area contributed by atoms with Gasteiger partial charge in [0.25, 0.3) is 0 Å². The second-order valence-electron chi connectivity index (χ2n) is 7.35. The maximum atomic E-state index is 11.3. The summed E-state index contributed by atoms with van der Waals surface area (Å²) >= 11 is 0. The van der Waals surface area contributed by atoms with Crippen molar-refractivity contribution in [3.8, 4) is 0 Å². The normalized spacial score (nSPS) is 26.2. The predicted molar refractivity (Wildman–Crippen MR) is 88.4 cm³/mol. The van der Waals surface area contributed by atoms with Crippen molar-refractivity contribution in [3.05, 3.63) is 0 Å². The number of hydrogen-bond acceptors (Lipinski definition) is 4. The Labute approximate surface area is 138 Å². The van der Waals surface area contributed by atoms with Crippen LogP contribution in [-0.4, -0.2) is 60.9 Å². The second kappa shape index (κ2) is 7.86. The van der Waals surface area contributed by atoms with Crippen molar-refractivity contribution in [1.29, 1.82) is 0 Å². The predicted octanol–water partition coefficient (Wildman–Crippen LogP) is 1.44. The number of carbonyl (C=O) groups excluding carboxylic acids is 2. The highest BCUT2D eigenvalue weighted by Crippen LogP contribution is 2.19. The Hall–Kier alpha value is -1.50. The first-order valence-corrected chi connectivity index (χ1v) is 8.60.